The van der Waals surface area contributed by atoms with Gasteiger partial charge in [-0.05, 0) is 66.8 Å². The van der Waals surface area contributed by atoms with E-state index in [9.17, 15) is 27.9 Å². The smallest absolute Gasteiger partial charge is 0.476 e. The van der Waals surface area contributed by atoms with Crippen molar-refractivity contribution in [3.05, 3.63) is 77.4 Å². The van der Waals surface area contributed by atoms with E-state index in [2.05, 4.69) is 15.0 Å². The van der Waals surface area contributed by atoms with Gasteiger partial charge in [0.05, 0.1) is 0 Å². The van der Waals surface area contributed by atoms with Crippen molar-refractivity contribution in [1.82, 2.24) is 4.98 Å². The molecular weight excluding hydrogens is 548 g/mol. The zero-order valence-electron chi connectivity index (χ0n) is 21.8. The number of hydrogen-bond donors (Lipinski definition) is 3. The molecule has 1 aromatic heterocycles. The minimum Gasteiger partial charge on any atom is -0.476 e. The van der Waals surface area contributed by atoms with E-state index < -0.39 is 40.9 Å². The van der Waals surface area contributed by atoms with E-state index in [0.29, 0.717) is 12.0 Å². The Balaban J connectivity index is 1.78. The van der Waals surface area contributed by atoms with Gasteiger partial charge in [0, 0.05) is 18.0 Å². The number of carbonyl (C=O) groups is 2. The molecule has 2 amide bonds. The number of benzene rings is 2. The summed E-state index contributed by atoms with van der Waals surface area (Å²) in [5, 5.41) is 12.6. The summed E-state index contributed by atoms with van der Waals surface area (Å²) < 4.78 is 69.2. The van der Waals surface area contributed by atoms with Gasteiger partial charge in [0.2, 0.25) is 0 Å². The Morgan fingerprint density at radius 1 is 1.02 bits per heavy atom. The number of nitrogens with zero attached hydrogens (tertiary/aromatic N) is 1. The maximum Gasteiger partial charge on any atom is 0.573 e. The first-order valence-electron chi connectivity index (χ1n) is 12.3. The van der Waals surface area contributed by atoms with E-state index in [4.69, 9.17) is 15.2 Å². The number of aromatic nitrogens is 1. The zero-order chi connectivity index (χ0) is 29.9. The number of aliphatic hydroxyl groups is 1. The van der Waals surface area contributed by atoms with E-state index in [1.54, 1.807) is 0 Å². The van der Waals surface area contributed by atoms with Crippen LogP contribution in [0.3, 0.4) is 0 Å². The molecule has 212 valence electrons. The van der Waals surface area contributed by atoms with Gasteiger partial charge in [0.1, 0.15) is 34.2 Å². The fourth-order valence-electron chi connectivity index (χ4n) is 4.07. The minimum atomic E-state index is -5.01. The van der Waals surface area contributed by atoms with E-state index in [1.165, 1.54) is 46.2 Å². The summed E-state index contributed by atoms with van der Waals surface area (Å²) in [5.41, 5.74) is 4.03. The molecular formula is C26H23B2F4N3O6. The third kappa shape index (κ3) is 7.78. The molecule has 0 spiro atoms. The van der Waals surface area contributed by atoms with E-state index in [0.717, 1.165) is 36.6 Å². The second kappa shape index (κ2) is 11.5. The first-order valence-corrected chi connectivity index (χ1v) is 12.3. The van der Waals surface area contributed by atoms with Crippen LogP contribution in [0.15, 0.2) is 54.7 Å². The summed E-state index contributed by atoms with van der Waals surface area (Å²) in [7, 11) is 2.46. The summed E-state index contributed by atoms with van der Waals surface area (Å²) >= 11 is 0. The molecule has 0 atom stereocenters. The molecule has 0 radical (unpaired) electrons. The number of hydrogen-bond acceptors (Lipinski definition) is 7. The molecule has 0 bridgehead atoms. The van der Waals surface area contributed by atoms with Crippen molar-refractivity contribution >= 4 is 38.8 Å². The minimum absolute atomic E-state index is 0.0893. The van der Waals surface area contributed by atoms with Crippen LogP contribution in [0.4, 0.5) is 23.2 Å². The maximum atomic E-state index is 15.6. The van der Waals surface area contributed by atoms with Gasteiger partial charge < -0.3 is 30.4 Å². The zero-order valence-corrected chi connectivity index (χ0v) is 21.8. The lowest BCUT2D eigenvalue weighted by Crippen LogP contribution is -2.36. The van der Waals surface area contributed by atoms with Gasteiger partial charge >= 0.3 is 6.36 Å². The van der Waals surface area contributed by atoms with Crippen LogP contribution in [0.1, 0.15) is 45.7 Å². The highest BCUT2D eigenvalue weighted by Crippen LogP contribution is 2.41. The molecule has 1 aliphatic rings. The standard InChI is InChI=1S/C26H23B2F4N3O6/c27-25(28,38)41-20-12-16(40-26(30,31)32)5-6-19(20)39-21-10-14(13-3-1-2-4-13)9-17(29)22(21)24(37)35-15-7-8-34-18(11-15)23(33)36/h3,5-12,38H,1-2,4,27-28H2,(H2,33,36)(H,34,35,37). The molecule has 0 fully saturated rings. The number of halogens is 4. The maximum absolute atomic E-state index is 15.6. The van der Waals surface area contributed by atoms with Crippen LogP contribution >= 0.6 is 0 Å². The number of nitrogens with two attached hydrogens (primary N) is 1. The Bertz CT molecular complexity index is 1530. The fourth-order valence-corrected chi connectivity index (χ4v) is 4.07. The average molecular weight is 571 g/mol. The highest BCUT2D eigenvalue weighted by atomic mass is 19.4. The van der Waals surface area contributed by atoms with Crippen molar-refractivity contribution in [2.75, 3.05) is 5.32 Å². The SMILES string of the molecule is BC(B)(O)Oc1cc(OC(F)(F)F)ccc1Oc1cc(C2=CCCC2)cc(F)c1C(=O)Nc1ccnc(C(N)=O)c1. The van der Waals surface area contributed by atoms with Crippen LogP contribution in [0.5, 0.6) is 23.0 Å². The monoisotopic (exact) mass is 571 g/mol. The predicted molar refractivity (Wildman–Crippen MR) is 145 cm³/mol. The lowest BCUT2D eigenvalue weighted by Gasteiger charge is -2.24. The quantitative estimate of drug-likeness (QED) is 0.204. The molecule has 0 saturated carbocycles. The van der Waals surface area contributed by atoms with Gasteiger partial charge in [-0.25, -0.2) is 4.39 Å². The Morgan fingerprint density at radius 3 is 2.41 bits per heavy atom. The molecule has 1 aliphatic carbocycles. The Kier molecular flexibility index (Phi) is 8.29. The summed E-state index contributed by atoms with van der Waals surface area (Å²) in [6.07, 6.45) is 0.436. The number of anilines is 1. The number of allylic oxidation sites excluding steroid dienone is 2. The molecule has 4 rings (SSSR count). The molecule has 2 aromatic carbocycles. The number of amides is 2. The molecule has 0 unspecified atom stereocenters. The van der Waals surface area contributed by atoms with E-state index >= 15 is 4.39 Å². The second-order valence-corrected chi connectivity index (χ2v) is 9.51. The number of nitrogens with one attached hydrogen (secondary N) is 1. The average Bonchev–Trinajstić information content (AvgIpc) is 3.39. The Hall–Kier alpha value is -4.52. The molecule has 0 aliphatic heterocycles. The Labute approximate surface area is 233 Å². The van der Waals surface area contributed by atoms with Crippen molar-refractivity contribution in [3.8, 4) is 23.0 Å². The number of pyridine rings is 1. The lowest BCUT2D eigenvalue weighted by atomic mass is 9.76. The van der Waals surface area contributed by atoms with Crippen molar-refractivity contribution < 1.29 is 46.5 Å². The van der Waals surface area contributed by atoms with Gasteiger partial charge in [0.25, 0.3) is 11.8 Å². The number of alkyl halides is 3. The van der Waals surface area contributed by atoms with E-state index in [-0.39, 0.29) is 28.6 Å². The largest absolute Gasteiger partial charge is 0.573 e. The van der Waals surface area contributed by atoms with E-state index in [1.807, 2.05) is 6.08 Å². The summed E-state index contributed by atoms with van der Waals surface area (Å²) in [4.78, 5) is 28.5. The number of carbonyl (C=O) groups excluding carboxylic acids is 2. The van der Waals surface area contributed by atoms with Crippen molar-refractivity contribution in [2.24, 2.45) is 5.73 Å². The van der Waals surface area contributed by atoms with Gasteiger partial charge in [-0.3, -0.25) is 14.6 Å². The van der Waals surface area contributed by atoms with Crippen LogP contribution < -0.4 is 25.3 Å². The van der Waals surface area contributed by atoms with Crippen LogP contribution in [0.2, 0.25) is 0 Å². The molecule has 15 heteroatoms. The summed E-state index contributed by atoms with van der Waals surface area (Å²) in [6.45, 7) is 0. The third-order valence-corrected chi connectivity index (χ3v) is 5.69. The molecule has 4 N–H and O–H groups in total. The first kappa shape index (κ1) is 29.5. The Morgan fingerprint density at radius 2 is 1.78 bits per heavy atom. The number of primary amides is 1. The second-order valence-electron chi connectivity index (χ2n) is 9.51. The van der Waals surface area contributed by atoms with Crippen LogP contribution in [0, 0.1) is 5.82 Å². The highest BCUT2D eigenvalue weighted by molar-refractivity contribution is 6.37. The van der Waals surface area contributed by atoms with Gasteiger partial charge in [-0.1, -0.05) is 6.08 Å². The fraction of sp³-hybridized carbons (Fsp3) is 0.192. The lowest BCUT2D eigenvalue weighted by molar-refractivity contribution is -0.274. The molecule has 3 aromatic rings. The first-order chi connectivity index (χ1) is 19.2. The third-order valence-electron chi connectivity index (χ3n) is 5.69. The van der Waals surface area contributed by atoms with Crippen molar-refractivity contribution in [2.45, 2.75) is 31.2 Å². The topological polar surface area (TPSA) is 133 Å². The normalized spacial score (nSPS) is 13.3. The number of ether oxygens (including phenoxy) is 3. The van der Waals surface area contributed by atoms with Crippen molar-refractivity contribution in [1.29, 1.82) is 0 Å². The summed E-state index contributed by atoms with van der Waals surface area (Å²) in [6, 6.07) is 7.98. The summed E-state index contributed by atoms with van der Waals surface area (Å²) in [5.74, 6) is -4.34. The van der Waals surface area contributed by atoms with Crippen molar-refractivity contribution in [3.63, 3.8) is 0 Å². The highest BCUT2D eigenvalue weighted by Gasteiger charge is 2.32. The van der Waals surface area contributed by atoms with Crippen LogP contribution in [0.25, 0.3) is 5.57 Å². The molecule has 1 heterocycles. The predicted octanol–water partition coefficient (Wildman–Crippen LogP) is 3.08. The van der Waals surface area contributed by atoms with Gasteiger partial charge in [-0.2, -0.15) is 0 Å². The van der Waals surface area contributed by atoms with Crippen LogP contribution in [-0.4, -0.2) is 49.5 Å². The number of rotatable bonds is 9. The molecule has 41 heavy (non-hydrogen) atoms. The van der Waals surface area contributed by atoms with Crippen LogP contribution in [-0.2, 0) is 0 Å². The van der Waals surface area contributed by atoms with Gasteiger partial charge in [-0.15, -0.1) is 13.2 Å². The molecule has 0 saturated heterocycles. The molecule has 9 nitrogen and oxygen atoms in total. The van der Waals surface area contributed by atoms with Gasteiger partial charge in [0.15, 0.2) is 27.2 Å².